The van der Waals surface area contributed by atoms with E-state index in [9.17, 15) is 9.59 Å². The first-order valence-electron chi connectivity index (χ1n) is 10.6. The van der Waals surface area contributed by atoms with Crippen LogP contribution in [0.3, 0.4) is 0 Å². The molecular weight excluding hydrogens is 435 g/mol. The molecule has 0 spiro atoms. The zero-order valence-corrected chi connectivity index (χ0v) is 19.3. The highest BCUT2D eigenvalue weighted by Gasteiger charge is 2.23. The fraction of sp³-hybridized carbons (Fsp3) is 0.435. The van der Waals surface area contributed by atoms with E-state index in [1.807, 2.05) is 26.0 Å². The Hall–Kier alpha value is -2.31. The molecule has 1 aliphatic rings. The SMILES string of the molecule is CC(C)CC(NC(=O)c1ccc(Cl)cc1Cl)C(=O)NCc1ccc(N2CCCC2)nc1. The Balaban J connectivity index is 1.60. The standard InChI is InChI=1S/C23H28Cl2N4O2/c1-15(2)11-20(28-22(30)18-7-6-17(24)12-19(18)25)23(31)27-14-16-5-8-21(26-13-16)29-9-3-4-10-29/h5-8,12-13,15,20H,3-4,9-11,14H2,1-2H3,(H,27,31)(H,28,30). The van der Waals surface area contributed by atoms with Gasteiger partial charge >= 0.3 is 0 Å². The third-order valence-corrected chi connectivity index (χ3v) is 5.76. The fourth-order valence-electron chi connectivity index (χ4n) is 3.58. The number of hydrogen-bond donors (Lipinski definition) is 2. The summed E-state index contributed by atoms with van der Waals surface area (Å²) in [5.74, 6) is 0.547. The van der Waals surface area contributed by atoms with Crippen LogP contribution in [0.1, 0.15) is 49.0 Å². The lowest BCUT2D eigenvalue weighted by Crippen LogP contribution is -2.47. The van der Waals surface area contributed by atoms with E-state index in [1.54, 1.807) is 18.3 Å². The van der Waals surface area contributed by atoms with E-state index in [-0.39, 0.29) is 22.4 Å². The van der Waals surface area contributed by atoms with E-state index in [2.05, 4.69) is 20.5 Å². The number of pyridine rings is 1. The van der Waals surface area contributed by atoms with Crippen molar-refractivity contribution in [1.29, 1.82) is 0 Å². The zero-order chi connectivity index (χ0) is 22.4. The quantitative estimate of drug-likeness (QED) is 0.607. The van der Waals surface area contributed by atoms with Crippen molar-refractivity contribution in [3.05, 3.63) is 57.7 Å². The van der Waals surface area contributed by atoms with Gasteiger partial charge in [0.1, 0.15) is 11.9 Å². The summed E-state index contributed by atoms with van der Waals surface area (Å²) in [6, 6.07) is 7.95. The molecule has 8 heteroatoms. The van der Waals surface area contributed by atoms with Crippen molar-refractivity contribution < 1.29 is 9.59 Å². The summed E-state index contributed by atoms with van der Waals surface area (Å²) < 4.78 is 0. The predicted molar refractivity (Wildman–Crippen MR) is 125 cm³/mol. The van der Waals surface area contributed by atoms with Gasteiger partial charge in [0, 0.05) is 30.9 Å². The molecule has 31 heavy (non-hydrogen) atoms. The normalized spacial score (nSPS) is 14.5. The second kappa shape index (κ2) is 10.8. The van der Waals surface area contributed by atoms with Gasteiger partial charge in [-0.15, -0.1) is 0 Å². The van der Waals surface area contributed by atoms with Crippen molar-refractivity contribution in [2.24, 2.45) is 5.92 Å². The van der Waals surface area contributed by atoms with E-state index >= 15 is 0 Å². The molecule has 2 aromatic rings. The number of carbonyl (C=O) groups is 2. The maximum Gasteiger partial charge on any atom is 0.253 e. The van der Waals surface area contributed by atoms with Crippen LogP contribution < -0.4 is 15.5 Å². The van der Waals surface area contributed by atoms with E-state index in [4.69, 9.17) is 23.2 Å². The van der Waals surface area contributed by atoms with E-state index < -0.39 is 11.9 Å². The monoisotopic (exact) mass is 462 g/mol. The summed E-state index contributed by atoms with van der Waals surface area (Å²) in [5.41, 5.74) is 1.20. The molecule has 1 saturated heterocycles. The number of aromatic nitrogens is 1. The molecule has 0 saturated carbocycles. The average molecular weight is 463 g/mol. The maximum absolute atomic E-state index is 12.8. The van der Waals surface area contributed by atoms with Crippen molar-refractivity contribution in [1.82, 2.24) is 15.6 Å². The van der Waals surface area contributed by atoms with Crippen LogP contribution in [0.5, 0.6) is 0 Å². The number of benzene rings is 1. The maximum atomic E-state index is 12.8. The Morgan fingerprint density at radius 1 is 1.13 bits per heavy atom. The second-order valence-electron chi connectivity index (χ2n) is 8.22. The predicted octanol–water partition coefficient (Wildman–Crippen LogP) is 4.45. The smallest absolute Gasteiger partial charge is 0.253 e. The van der Waals surface area contributed by atoms with E-state index in [1.165, 1.54) is 18.9 Å². The highest BCUT2D eigenvalue weighted by Crippen LogP contribution is 2.21. The molecule has 0 aliphatic carbocycles. The Morgan fingerprint density at radius 3 is 2.48 bits per heavy atom. The fourth-order valence-corrected chi connectivity index (χ4v) is 4.07. The summed E-state index contributed by atoms with van der Waals surface area (Å²) in [6.45, 7) is 6.43. The molecule has 2 heterocycles. The number of hydrogen-bond acceptors (Lipinski definition) is 4. The van der Waals surface area contributed by atoms with Crippen molar-refractivity contribution in [2.45, 2.75) is 45.7 Å². The largest absolute Gasteiger partial charge is 0.357 e. The molecule has 6 nitrogen and oxygen atoms in total. The number of anilines is 1. The molecule has 1 aromatic heterocycles. The van der Waals surface area contributed by atoms with Gasteiger partial charge in [0.05, 0.1) is 10.6 Å². The van der Waals surface area contributed by atoms with Gasteiger partial charge in [0.2, 0.25) is 5.91 Å². The molecule has 1 unspecified atom stereocenters. The lowest BCUT2D eigenvalue weighted by molar-refractivity contribution is -0.123. The molecule has 1 aromatic carbocycles. The molecule has 2 N–H and O–H groups in total. The highest BCUT2D eigenvalue weighted by molar-refractivity contribution is 6.36. The first kappa shape index (κ1) is 23.4. The Bertz CT molecular complexity index is 912. The van der Waals surface area contributed by atoms with Gasteiger partial charge in [-0.1, -0.05) is 43.1 Å². The summed E-state index contributed by atoms with van der Waals surface area (Å²) in [7, 11) is 0. The lowest BCUT2D eigenvalue weighted by atomic mass is 10.0. The third kappa shape index (κ3) is 6.58. The zero-order valence-electron chi connectivity index (χ0n) is 17.8. The summed E-state index contributed by atoms with van der Waals surface area (Å²) in [4.78, 5) is 32.3. The first-order chi connectivity index (χ1) is 14.8. The minimum absolute atomic E-state index is 0.221. The van der Waals surface area contributed by atoms with E-state index in [0.29, 0.717) is 18.0 Å². The molecule has 166 valence electrons. The van der Waals surface area contributed by atoms with Gasteiger partial charge in [-0.3, -0.25) is 9.59 Å². The molecule has 1 fully saturated rings. The molecule has 2 amide bonds. The van der Waals surface area contributed by atoms with Crippen LogP contribution in [0.2, 0.25) is 10.0 Å². The van der Waals surface area contributed by atoms with Crippen LogP contribution in [0, 0.1) is 5.92 Å². The van der Waals surface area contributed by atoms with Gasteiger partial charge in [-0.2, -0.15) is 0 Å². The van der Waals surface area contributed by atoms with Crippen LogP contribution in [0.15, 0.2) is 36.5 Å². The van der Waals surface area contributed by atoms with Gasteiger partial charge in [0.25, 0.3) is 5.91 Å². The number of carbonyl (C=O) groups excluding carboxylic acids is 2. The van der Waals surface area contributed by atoms with Crippen LogP contribution in [0.25, 0.3) is 0 Å². The second-order valence-corrected chi connectivity index (χ2v) is 9.06. The molecule has 3 rings (SSSR count). The number of nitrogens with one attached hydrogen (secondary N) is 2. The average Bonchev–Trinajstić information content (AvgIpc) is 3.26. The van der Waals surface area contributed by atoms with Crippen molar-refractivity contribution in [3.63, 3.8) is 0 Å². The summed E-state index contributed by atoms with van der Waals surface area (Å²) >= 11 is 12.0. The summed E-state index contributed by atoms with van der Waals surface area (Å²) in [6.07, 6.45) is 4.69. The van der Waals surface area contributed by atoms with Crippen LogP contribution >= 0.6 is 23.2 Å². The van der Waals surface area contributed by atoms with Crippen LogP contribution in [-0.2, 0) is 11.3 Å². The molecule has 0 radical (unpaired) electrons. The van der Waals surface area contributed by atoms with Gasteiger partial charge < -0.3 is 15.5 Å². The van der Waals surface area contributed by atoms with Crippen molar-refractivity contribution >= 4 is 40.8 Å². The van der Waals surface area contributed by atoms with Gasteiger partial charge in [-0.25, -0.2) is 4.98 Å². The topological polar surface area (TPSA) is 74.3 Å². The molecule has 1 atom stereocenters. The van der Waals surface area contributed by atoms with E-state index in [0.717, 1.165) is 24.5 Å². The van der Waals surface area contributed by atoms with Crippen molar-refractivity contribution in [2.75, 3.05) is 18.0 Å². The Morgan fingerprint density at radius 2 is 1.87 bits per heavy atom. The first-order valence-corrected chi connectivity index (χ1v) is 11.3. The Labute approximate surface area is 193 Å². The third-order valence-electron chi connectivity index (χ3n) is 5.21. The van der Waals surface area contributed by atoms with Gasteiger partial charge in [0.15, 0.2) is 0 Å². The minimum atomic E-state index is -0.670. The van der Waals surface area contributed by atoms with Gasteiger partial charge in [-0.05, 0) is 55.0 Å². The minimum Gasteiger partial charge on any atom is -0.357 e. The van der Waals surface area contributed by atoms with Crippen LogP contribution in [-0.4, -0.2) is 35.9 Å². The number of nitrogens with zero attached hydrogens (tertiary/aromatic N) is 2. The molecule has 0 bridgehead atoms. The number of halogens is 2. The molecule has 1 aliphatic heterocycles. The van der Waals surface area contributed by atoms with Crippen LogP contribution in [0.4, 0.5) is 5.82 Å². The number of rotatable bonds is 8. The summed E-state index contributed by atoms with van der Waals surface area (Å²) in [5, 5.41) is 6.41. The van der Waals surface area contributed by atoms with Crippen molar-refractivity contribution in [3.8, 4) is 0 Å². The number of amides is 2. The lowest BCUT2D eigenvalue weighted by Gasteiger charge is -2.21. The highest BCUT2D eigenvalue weighted by atomic mass is 35.5. The molecular formula is C23H28Cl2N4O2. The Kier molecular flexibility index (Phi) is 8.15.